The summed E-state index contributed by atoms with van der Waals surface area (Å²) in [7, 11) is 1.71. The van der Waals surface area contributed by atoms with Gasteiger partial charge >= 0.3 is 0 Å². The highest BCUT2D eigenvalue weighted by Gasteiger charge is 2.31. The van der Waals surface area contributed by atoms with E-state index in [1.54, 1.807) is 24.6 Å². The van der Waals surface area contributed by atoms with Crippen LogP contribution >= 0.6 is 11.3 Å². The number of aliphatic imine (C=N–C) groups is 1. The minimum absolute atomic E-state index is 0.0187. The van der Waals surface area contributed by atoms with Crippen molar-refractivity contribution in [2.75, 3.05) is 19.0 Å². The maximum absolute atomic E-state index is 6.36. The molecule has 0 spiro atoms. The van der Waals surface area contributed by atoms with Gasteiger partial charge in [-0.1, -0.05) is 0 Å². The highest BCUT2D eigenvalue weighted by molar-refractivity contribution is 7.16. The second-order valence-corrected chi connectivity index (χ2v) is 8.34. The molecule has 2 atom stereocenters. The molecular formula is C23H22N6O2S. The van der Waals surface area contributed by atoms with Gasteiger partial charge in [-0.3, -0.25) is 4.99 Å². The van der Waals surface area contributed by atoms with Gasteiger partial charge in [0.1, 0.15) is 24.0 Å². The van der Waals surface area contributed by atoms with E-state index in [2.05, 4.69) is 31.3 Å². The largest absolute Gasteiger partial charge is 0.484 e. The average molecular weight is 447 g/mol. The lowest BCUT2D eigenvalue weighted by Gasteiger charge is -2.34. The Morgan fingerprint density at radius 2 is 2.16 bits per heavy atom. The lowest BCUT2D eigenvalue weighted by atomic mass is 10.0. The molecule has 162 valence electrons. The van der Waals surface area contributed by atoms with Crippen LogP contribution in [0.5, 0.6) is 5.75 Å². The monoisotopic (exact) mass is 446 g/mol. The van der Waals surface area contributed by atoms with E-state index in [0.717, 1.165) is 37.9 Å². The maximum Gasteiger partial charge on any atom is 0.148 e. The number of aromatic nitrogens is 3. The first-order chi connectivity index (χ1) is 15.7. The molecule has 2 unspecified atom stereocenters. The molecule has 8 nitrogen and oxygen atoms in total. The van der Waals surface area contributed by atoms with Crippen LogP contribution < -0.4 is 15.8 Å². The van der Waals surface area contributed by atoms with Crippen molar-refractivity contribution >= 4 is 55.7 Å². The van der Waals surface area contributed by atoms with Crippen molar-refractivity contribution in [3.63, 3.8) is 0 Å². The smallest absolute Gasteiger partial charge is 0.148 e. The summed E-state index contributed by atoms with van der Waals surface area (Å²) >= 11 is 1.60. The standard InChI is InChI=1S/C23H22N6O2S/c1-13-20(10-30-13)31-19-6-14(15(8-24)9-25-2)5-18-22(19)23(27-11-26-18)29-16-3-4-17-21(7-16)32-12-28-17/h3-9,11-13,20H,10,24H2,1-2H3,(H,26,27,29)/b15-8+,25-9?. The summed E-state index contributed by atoms with van der Waals surface area (Å²) in [6.07, 6.45) is 4.76. The van der Waals surface area contributed by atoms with Crippen molar-refractivity contribution in [1.29, 1.82) is 0 Å². The van der Waals surface area contributed by atoms with Crippen LogP contribution in [-0.4, -0.2) is 47.0 Å². The Morgan fingerprint density at radius 1 is 1.25 bits per heavy atom. The van der Waals surface area contributed by atoms with Crippen LogP contribution in [0.3, 0.4) is 0 Å². The Hall–Kier alpha value is -3.56. The molecule has 4 aromatic rings. The van der Waals surface area contributed by atoms with E-state index in [0.29, 0.717) is 18.2 Å². The normalized spacial score (nSPS) is 18.9. The molecule has 32 heavy (non-hydrogen) atoms. The van der Waals surface area contributed by atoms with Gasteiger partial charge in [0.25, 0.3) is 0 Å². The highest BCUT2D eigenvalue weighted by atomic mass is 32.1. The van der Waals surface area contributed by atoms with Crippen LogP contribution in [0.15, 0.2) is 53.4 Å². The topological polar surface area (TPSA) is 108 Å². The van der Waals surface area contributed by atoms with E-state index in [1.165, 1.54) is 12.5 Å². The Kier molecular flexibility index (Phi) is 5.42. The molecule has 9 heteroatoms. The Balaban J connectivity index is 1.62. The van der Waals surface area contributed by atoms with Crippen LogP contribution in [0.25, 0.3) is 26.7 Å². The predicted molar refractivity (Wildman–Crippen MR) is 129 cm³/mol. The van der Waals surface area contributed by atoms with Crippen molar-refractivity contribution in [2.24, 2.45) is 10.7 Å². The van der Waals surface area contributed by atoms with Gasteiger partial charge in [-0.15, -0.1) is 11.3 Å². The first-order valence-corrected chi connectivity index (χ1v) is 11.1. The van der Waals surface area contributed by atoms with E-state index < -0.39 is 0 Å². The fraction of sp³-hybridized carbons (Fsp3) is 0.217. The zero-order valence-electron chi connectivity index (χ0n) is 17.6. The number of thiazole rings is 1. The van der Waals surface area contributed by atoms with Crippen LogP contribution in [0.2, 0.25) is 0 Å². The molecular weight excluding hydrogens is 424 g/mol. The summed E-state index contributed by atoms with van der Waals surface area (Å²) in [6, 6.07) is 9.95. The molecule has 1 aliphatic rings. The number of nitrogens with one attached hydrogen (secondary N) is 1. The summed E-state index contributed by atoms with van der Waals surface area (Å²) in [6.45, 7) is 2.54. The average Bonchev–Trinajstić information content (AvgIpc) is 3.27. The minimum Gasteiger partial charge on any atom is -0.484 e. The second-order valence-electron chi connectivity index (χ2n) is 7.45. The summed E-state index contributed by atoms with van der Waals surface area (Å²) in [5.41, 5.74) is 12.0. The zero-order chi connectivity index (χ0) is 22.1. The van der Waals surface area contributed by atoms with Crippen molar-refractivity contribution in [2.45, 2.75) is 19.1 Å². The van der Waals surface area contributed by atoms with Crippen molar-refractivity contribution in [3.05, 3.63) is 53.9 Å². The van der Waals surface area contributed by atoms with Gasteiger partial charge in [0.2, 0.25) is 0 Å². The lowest BCUT2D eigenvalue weighted by Crippen LogP contribution is -2.46. The molecule has 1 fully saturated rings. The van der Waals surface area contributed by atoms with Gasteiger partial charge in [0.15, 0.2) is 0 Å². The van der Waals surface area contributed by atoms with Gasteiger partial charge in [0, 0.05) is 30.7 Å². The van der Waals surface area contributed by atoms with Crippen molar-refractivity contribution < 1.29 is 9.47 Å². The Labute approximate surface area is 188 Å². The fourth-order valence-corrected chi connectivity index (χ4v) is 4.31. The van der Waals surface area contributed by atoms with Crippen LogP contribution in [0.1, 0.15) is 12.5 Å². The van der Waals surface area contributed by atoms with Gasteiger partial charge in [-0.05, 0) is 42.8 Å². The number of fused-ring (bicyclic) bond motifs is 2. The van der Waals surface area contributed by atoms with Gasteiger partial charge in [0.05, 0.1) is 39.3 Å². The molecule has 5 rings (SSSR count). The molecule has 2 aromatic carbocycles. The first kappa shape index (κ1) is 20.3. The van der Waals surface area contributed by atoms with Gasteiger partial charge < -0.3 is 20.5 Å². The van der Waals surface area contributed by atoms with Crippen LogP contribution in [0.4, 0.5) is 11.5 Å². The molecule has 2 aromatic heterocycles. The molecule has 0 amide bonds. The summed E-state index contributed by atoms with van der Waals surface area (Å²) < 4.78 is 13.0. The van der Waals surface area contributed by atoms with E-state index in [9.17, 15) is 0 Å². The maximum atomic E-state index is 6.36. The summed E-state index contributed by atoms with van der Waals surface area (Å²) in [4.78, 5) is 17.5. The van der Waals surface area contributed by atoms with Gasteiger partial charge in [-0.2, -0.15) is 0 Å². The molecule has 0 aliphatic carbocycles. The molecule has 1 saturated heterocycles. The van der Waals surface area contributed by atoms with E-state index in [-0.39, 0.29) is 12.2 Å². The van der Waals surface area contributed by atoms with Crippen molar-refractivity contribution in [3.8, 4) is 5.75 Å². The van der Waals surface area contributed by atoms with Gasteiger partial charge in [-0.25, -0.2) is 15.0 Å². The number of hydrogen-bond acceptors (Lipinski definition) is 9. The molecule has 0 bridgehead atoms. The molecule has 1 aliphatic heterocycles. The molecule has 0 radical (unpaired) electrons. The van der Waals surface area contributed by atoms with Crippen LogP contribution in [-0.2, 0) is 4.74 Å². The third-order valence-electron chi connectivity index (χ3n) is 5.40. The van der Waals surface area contributed by atoms with E-state index >= 15 is 0 Å². The molecule has 0 saturated carbocycles. The van der Waals surface area contributed by atoms with E-state index in [1.807, 2.05) is 36.7 Å². The number of nitrogens with two attached hydrogens (primary N) is 1. The van der Waals surface area contributed by atoms with E-state index in [4.69, 9.17) is 15.2 Å². The number of anilines is 2. The quantitative estimate of drug-likeness (QED) is 0.428. The SMILES string of the molecule is CN=C/C(=C\N)c1cc(OC2COC2C)c2c(Nc3ccc4ncsc4c3)ncnc2c1. The molecule has 3 N–H and O–H groups in total. The second kappa shape index (κ2) is 8.52. The third kappa shape index (κ3) is 3.76. The third-order valence-corrected chi connectivity index (χ3v) is 6.19. The number of hydrogen-bond donors (Lipinski definition) is 2. The number of nitrogens with zero attached hydrogens (tertiary/aromatic N) is 4. The Bertz CT molecular complexity index is 1350. The molecule has 3 heterocycles. The number of benzene rings is 2. The predicted octanol–water partition coefficient (Wildman–Crippen LogP) is 4.15. The first-order valence-electron chi connectivity index (χ1n) is 10.2. The van der Waals surface area contributed by atoms with Crippen molar-refractivity contribution in [1.82, 2.24) is 15.0 Å². The highest BCUT2D eigenvalue weighted by Crippen LogP contribution is 2.36. The van der Waals surface area contributed by atoms with Crippen LogP contribution in [0, 0.1) is 0 Å². The summed E-state index contributed by atoms with van der Waals surface area (Å²) in [5, 5.41) is 4.22. The number of ether oxygens (including phenoxy) is 2. The fourth-order valence-electron chi connectivity index (χ4n) is 3.59. The number of rotatable bonds is 6. The Morgan fingerprint density at radius 3 is 2.91 bits per heavy atom. The zero-order valence-corrected chi connectivity index (χ0v) is 18.5. The lowest BCUT2D eigenvalue weighted by molar-refractivity contribution is -0.139. The summed E-state index contributed by atoms with van der Waals surface area (Å²) in [5.74, 6) is 1.33. The number of allylic oxidation sites excluding steroid dienone is 1. The minimum atomic E-state index is -0.0415.